The number of alkyl carbamates (subject to hydrolysis) is 1. The first-order valence-corrected chi connectivity index (χ1v) is 14.3. The second-order valence-electron chi connectivity index (χ2n) is 10.5. The van der Waals surface area contributed by atoms with E-state index in [2.05, 4.69) is 32.7 Å². The van der Waals surface area contributed by atoms with Gasteiger partial charge in [0.2, 0.25) is 15.9 Å². The molecule has 10 nitrogen and oxygen atoms in total. The Morgan fingerprint density at radius 1 is 0.971 bits per heavy atom. The van der Waals surface area contributed by atoms with E-state index < -0.39 is 16.1 Å². The van der Waals surface area contributed by atoms with Gasteiger partial charge in [0, 0.05) is 44.8 Å². The van der Waals surface area contributed by atoms with Crippen molar-refractivity contribution in [1.29, 1.82) is 0 Å². The van der Waals surface area contributed by atoms with Crippen LogP contribution in [0, 0.1) is 17.8 Å². The molecule has 4 fully saturated rings. The van der Waals surface area contributed by atoms with E-state index in [-0.39, 0.29) is 35.2 Å². The molecule has 0 spiro atoms. The van der Waals surface area contributed by atoms with E-state index in [0.717, 1.165) is 32.2 Å². The monoisotopic (exact) mass is 499 g/mol. The maximum absolute atomic E-state index is 13.3. The summed E-state index contributed by atoms with van der Waals surface area (Å²) in [6.45, 7) is 4.20. The van der Waals surface area contributed by atoms with E-state index in [1.54, 1.807) is 11.4 Å². The Kier molecular flexibility index (Phi) is 8.06. The lowest BCUT2D eigenvalue weighted by Crippen LogP contribution is -2.50. The van der Waals surface area contributed by atoms with Crippen LogP contribution in [-0.4, -0.2) is 86.9 Å². The van der Waals surface area contributed by atoms with E-state index in [1.807, 2.05) is 0 Å². The number of methoxy groups -OCH3 is 1. The van der Waals surface area contributed by atoms with Gasteiger partial charge in [-0.25, -0.2) is 22.5 Å². The van der Waals surface area contributed by atoms with Crippen molar-refractivity contribution in [2.75, 3.05) is 33.8 Å². The van der Waals surface area contributed by atoms with Gasteiger partial charge in [0.25, 0.3) is 0 Å². The van der Waals surface area contributed by atoms with Crippen molar-refractivity contribution in [2.45, 2.75) is 81.7 Å². The number of nitrogens with zero attached hydrogens (tertiary/aromatic N) is 2. The van der Waals surface area contributed by atoms with Crippen LogP contribution in [0.3, 0.4) is 0 Å². The molecule has 1 saturated carbocycles. The number of rotatable bonds is 5. The van der Waals surface area contributed by atoms with Crippen molar-refractivity contribution in [3.8, 4) is 0 Å². The number of nitrogens with one attached hydrogen (secondary N) is 3. The summed E-state index contributed by atoms with van der Waals surface area (Å²) in [5.41, 5.74) is 3.48. The molecule has 2 amide bonds. The molecule has 3 heterocycles. The number of carbonyl (C=O) groups excluding carboxylic acids is 2. The summed E-state index contributed by atoms with van der Waals surface area (Å²) in [5.74, 6) is 1.10. The zero-order valence-electron chi connectivity index (χ0n) is 20.7. The van der Waals surface area contributed by atoms with Crippen LogP contribution in [0.25, 0.3) is 0 Å². The van der Waals surface area contributed by atoms with Gasteiger partial charge >= 0.3 is 6.09 Å². The van der Waals surface area contributed by atoms with Gasteiger partial charge in [-0.3, -0.25) is 10.2 Å². The fraction of sp³-hybridized carbons (Fsp3) is 0.913. The summed E-state index contributed by atoms with van der Waals surface area (Å²) in [6.07, 6.45) is 5.88. The predicted molar refractivity (Wildman–Crippen MR) is 128 cm³/mol. The van der Waals surface area contributed by atoms with Crippen LogP contribution >= 0.6 is 0 Å². The third-order valence-corrected chi connectivity index (χ3v) is 11.1. The molecule has 4 atom stereocenters. The SMILES string of the molecule is CNC(=O)C1C(C)NN2CCC(C3CCN(S(=O)(=O)C4CCC(NC(=O)OC)CC4)CC3)CC12. The predicted octanol–water partition coefficient (Wildman–Crippen LogP) is 1.04. The highest BCUT2D eigenvalue weighted by molar-refractivity contribution is 7.89. The van der Waals surface area contributed by atoms with Gasteiger partial charge < -0.3 is 15.4 Å². The standard InChI is InChI=1S/C23H41N5O5S/c1-15-21(22(29)24-2)20-14-17(10-13-28(20)26-15)16-8-11-27(12-9-16)34(31,32)19-6-4-18(5-7-19)25-23(30)33-3/h15-21,26H,4-14H2,1-3H3,(H,24,29)(H,25,30). The normalized spacial score (nSPS) is 36.0. The summed E-state index contributed by atoms with van der Waals surface area (Å²) in [7, 11) is -0.282. The molecule has 3 N–H and O–H groups in total. The lowest BCUT2D eigenvalue weighted by Gasteiger charge is -2.42. The van der Waals surface area contributed by atoms with Gasteiger partial charge in [-0.2, -0.15) is 0 Å². The number of ether oxygens (including phenoxy) is 1. The minimum absolute atomic E-state index is 0.0121. The number of carbonyl (C=O) groups is 2. The first-order chi connectivity index (χ1) is 16.2. The van der Waals surface area contributed by atoms with E-state index in [9.17, 15) is 18.0 Å². The summed E-state index contributed by atoms with van der Waals surface area (Å²) in [6, 6.07) is 0.333. The van der Waals surface area contributed by atoms with E-state index in [4.69, 9.17) is 0 Å². The highest BCUT2D eigenvalue weighted by Gasteiger charge is 2.48. The molecule has 11 heteroatoms. The van der Waals surface area contributed by atoms with Crippen molar-refractivity contribution >= 4 is 22.0 Å². The lowest BCUT2D eigenvalue weighted by atomic mass is 9.74. The number of sulfonamides is 1. The van der Waals surface area contributed by atoms with Crippen molar-refractivity contribution < 1.29 is 22.7 Å². The number of piperidine rings is 2. The molecule has 4 unspecified atom stereocenters. The van der Waals surface area contributed by atoms with Gasteiger partial charge in [-0.15, -0.1) is 0 Å². The third kappa shape index (κ3) is 5.22. The maximum atomic E-state index is 13.3. The molecule has 3 saturated heterocycles. The van der Waals surface area contributed by atoms with Crippen LogP contribution in [0.15, 0.2) is 0 Å². The molecular weight excluding hydrogens is 458 g/mol. The number of hydrazine groups is 1. The quantitative estimate of drug-likeness (QED) is 0.517. The van der Waals surface area contributed by atoms with E-state index in [0.29, 0.717) is 50.6 Å². The van der Waals surface area contributed by atoms with E-state index in [1.165, 1.54) is 7.11 Å². The third-order valence-electron chi connectivity index (χ3n) is 8.69. The van der Waals surface area contributed by atoms with Crippen LogP contribution in [0.4, 0.5) is 4.79 Å². The second kappa shape index (κ2) is 10.7. The molecule has 0 aromatic rings. The molecule has 3 aliphatic heterocycles. The van der Waals surface area contributed by atoms with Crippen molar-refractivity contribution in [3.05, 3.63) is 0 Å². The molecular formula is C23H41N5O5S. The molecule has 0 radical (unpaired) electrons. The van der Waals surface area contributed by atoms with E-state index >= 15 is 0 Å². The fourth-order valence-corrected chi connectivity index (χ4v) is 8.75. The van der Waals surface area contributed by atoms with Crippen molar-refractivity contribution in [1.82, 2.24) is 25.4 Å². The zero-order valence-corrected chi connectivity index (χ0v) is 21.5. The number of amides is 2. The van der Waals surface area contributed by atoms with Gasteiger partial charge in [0.05, 0.1) is 18.3 Å². The van der Waals surface area contributed by atoms with Crippen LogP contribution < -0.4 is 16.1 Å². The Labute approximate surface area is 203 Å². The highest BCUT2D eigenvalue weighted by atomic mass is 32.2. The van der Waals surface area contributed by atoms with Crippen LogP contribution in [0.2, 0.25) is 0 Å². The Bertz CT molecular complexity index is 839. The molecule has 1 aliphatic carbocycles. The minimum Gasteiger partial charge on any atom is -0.453 e. The first kappa shape index (κ1) is 25.7. The van der Waals surface area contributed by atoms with Gasteiger partial charge in [-0.1, -0.05) is 0 Å². The molecule has 194 valence electrons. The Hall–Kier alpha value is -1.43. The molecule has 4 rings (SSSR count). The van der Waals surface area contributed by atoms with Crippen molar-refractivity contribution in [2.24, 2.45) is 17.8 Å². The molecule has 4 aliphatic rings. The molecule has 0 aromatic carbocycles. The molecule has 34 heavy (non-hydrogen) atoms. The molecule has 0 aromatic heterocycles. The average Bonchev–Trinajstić information content (AvgIpc) is 3.18. The first-order valence-electron chi connectivity index (χ1n) is 12.8. The number of hydrogen-bond donors (Lipinski definition) is 3. The summed E-state index contributed by atoms with van der Waals surface area (Å²) < 4.78 is 33.0. The smallest absolute Gasteiger partial charge is 0.407 e. The zero-order chi connectivity index (χ0) is 24.5. The topological polar surface area (TPSA) is 120 Å². The van der Waals surface area contributed by atoms with Crippen LogP contribution in [-0.2, 0) is 19.6 Å². The van der Waals surface area contributed by atoms with Crippen LogP contribution in [0.5, 0.6) is 0 Å². The number of fused-ring (bicyclic) bond motifs is 1. The Balaban J connectivity index is 1.29. The summed E-state index contributed by atoms with van der Waals surface area (Å²) in [4.78, 5) is 23.9. The number of hydrogen-bond acceptors (Lipinski definition) is 7. The minimum atomic E-state index is -3.32. The van der Waals surface area contributed by atoms with Gasteiger partial charge in [0.1, 0.15) is 0 Å². The largest absolute Gasteiger partial charge is 0.453 e. The maximum Gasteiger partial charge on any atom is 0.407 e. The van der Waals surface area contributed by atoms with Gasteiger partial charge in [0.15, 0.2) is 0 Å². The Morgan fingerprint density at radius 3 is 2.24 bits per heavy atom. The Morgan fingerprint density at radius 2 is 1.62 bits per heavy atom. The molecule has 0 bridgehead atoms. The fourth-order valence-electron chi connectivity index (χ4n) is 6.74. The van der Waals surface area contributed by atoms with Crippen LogP contribution in [0.1, 0.15) is 58.3 Å². The average molecular weight is 500 g/mol. The summed E-state index contributed by atoms with van der Waals surface area (Å²) in [5, 5.41) is 7.52. The lowest BCUT2D eigenvalue weighted by molar-refractivity contribution is -0.126. The second-order valence-corrected chi connectivity index (χ2v) is 12.7. The summed E-state index contributed by atoms with van der Waals surface area (Å²) >= 11 is 0. The van der Waals surface area contributed by atoms with Gasteiger partial charge in [-0.05, 0) is 70.1 Å². The van der Waals surface area contributed by atoms with Crippen molar-refractivity contribution in [3.63, 3.8) is 0 Å². The highest BCUT2D eigenvalue weighted by Crippen LogP contribution is 2.40.